The monoisotopic (exact) mass is 388 g/mol. The van der Waals surface area contributed by atoms with Crippen molar-refractivity contribution in [2.75, 3.05) is 12.8 Å². The average molecular weight is 388 g/mol. The Morgan fingerprint density at radius 1 is 1.03 bits per heavy atom. The number of rotatable bonds is 5. The molecule has 7 nitrogen and oxygen atoms in total. The molecule has 29 heavy (non-hydrogen) atoms. The van der Waals surface area contributed by atoms with Crippen LogP contribution < -0.4 is 10.5 Å². The maximum atomic E-state index is 12.1. The molecular weight excluding hydrogens is 368 g/mol. The van der Waals surface area contributed by atoms with E-state index in [-0.39, 0.29) is 5.97 Å². The number of methoxy groups -OCH3 is 1. The lowest BCUT2D eigenvalue weighted by Crippen LogP contribution is -2.17. The molecule has 2 aromatic heterocycles. The van der Waals surface area contributed by atoms with Crippen LogP contribution in [0.15, 0.2) is 67.1 Å². The number of nitrogen functional groups attached to an aromatic ring is 1. The maximum Gasteiger partial charge on any atom is 0.328 e. The highest BCUT2D eigenvalue weighted by Gasteiger charge is 2.22. The van der Waals surface area contributed by atoms with Gasteiger partial charge in [-0.2, -0.15) is 0 Å². The quantitative estimate of drug-likeness (QED) is 0.515. The second-order valence-electron chi connectivity index (χ2n) is 6.55. The smallest absolute Gasteiger partial charge is 0.328 e. The van der Waals surface area contributed by atoms with Gasteiger partial charge >= 0.3 is 5.97 Å². The lowest BCUT2D eigenvalue weighted by molar-refractivity contribution is -0.143. The predicted molar refractivity (Wildman–Crippen MR) is 111 cm³/mol. The molecule has 4 aromatic rings. The number of nitrogens with two attached hydrogens (primary N) is 1. The number of hydrogen-bond acceptors (Lipinski definition) is 6. The number of aromatic nitrogens is 3. The third kappa shape index (κ3) is 3.50. The fourth-order valence-electron chi connectivity index (χ4n) is 3.23. The summed E-state index contributed by atoms with van der Waals surface area (Å²) < 4.78 is 12.5. The van der Waals surface area contributed by atoms with Gasteiger partial charge in [0.2, 0.25) is 0 Å². The van der Waals surface area contributed by atoms with Crippen molar-refractivity contribution in [1.82, 2.24) is 14.5 Å². The number of ether oxygens (including phenoxy) is 2. The van der Waals surface area contributed by atoms with E-state index in [1.165, 1.54) is 13.4 Å². The summed E-state index contributed by atoms with van der Waals surface area (Å²) in [5.41, 5.74) is 8.47. The number of anilines is 1. The van der Waals surface area contributed by atoms with Crippen molar-refractivity contribution in [3.63, 3.8) is 0 Å². The van der Waals surface area contributed by atoms with Crippen LogP contribution in [0.1, 0.15) is 13.0 Å². The van der Waals surface area contributed by atoms with Gasteiger partial charge in [-0.15, -0.1) is 0 Å². The third-order valence-electron chi connectivity index (χ3n) is 4.74. The van der Waals surface area contributed by atoms with Gasteiger partial charge in [-0.05, 0) is 36.8 Å². The van der Waals surface area contributed by atoms with Gasteiger partial charge in [-0.25, -0.2) is 14.8 Å². The van der Waals surface area contributed by atoms with Crippen molar-refractivity contribution in [2.45, 2.75) is 13.0 Å². The fraction of sp³-hybridized carbons (Fsp3) is 0.136. The fourth-order valence-corrected chi connectivity index (χ4v) is 3.23. The van der Waals surface area contributed by atoms with Gasteiger partial charge in [0.1, 0.15) is 35.3 Å². The number of carbonyl (C=O) groups excluding carboxylic acids is 1. The van der Waals surface area contributed by atoms with E-state index < -0.39 is 6.04 Å². The number of benzene rings is 2. The van der Waals surface area contributed by atoms with E-state index in [2.05, 4.69) is 9.97 Å². The van der Waals surface area contributed by atoms with E-state index in [4.69, 9.17) is 15.2 Å². The van der Waals surface area contributed by atoms with Gasteiger partial charge in [-0.1, -0.05) is 30.3 Å². The third-order valence-corrected chi connectivity index (χ3v) is 4.74. The zero-order chi connectivity index (χ0) is 20.4. The second kappa shape index (κ2) is 7.63. The molecule has 0 aliphatic heterocycles. The summed E-state index contributed by atoms with van der Waals surface area (Å²) in [7, 11) is 1.36. The van der Waals surface area contributed by atoms with Crippen molar-refractivity contribution in [3.8, 4) is 22.6 Å². The molecule has 7 heteroatoms. The standard InChI is InChI=1S/C22H20N4O3/c1-14(22(27)28-2)26-12-18(19-20(23)24-13-25-21(19)26)15-8-10-17(11-9-15)29-16-6-4-3-5-7-16/h3-14H,1-2H3,(H2,23,24,25). The van der Waals surface area contributed by atoms with Gasteiger partial charge < -0.3 is 19.8 Å². The summed E-state index contributed by atoms with van der Waals surface area (Å²) in [4.78, 5) is 20.5. The molecule has 0 fully saturated rings. The SMILES string of the molecule is COC(=O)C(C)n1cc(-c2ccc(Oc3ccccc3)cc2)c2c(N)ncnc21. The summed E-state index contributed by atoms with van der Waals surface area (Å²) in [6.45, 7) is 1.75. The molecule has 0 spiro atoms. The van der Waals surface area contributed by atoms with Crippen LogP contribution in [0.3, 0.4) is 0 Å². The van der Waals surface area contributed by atoms with Gasteiger partial charge in [0.05, 0.1) is 12.5 Å². The summed E-state index contributed by atoms with van der Waals surface area (Å²) in [5.74, 6) is 1.47. The van der Waals surface area contributed by atoms with E-state index in [1.54, 1.807) is 11.5 Å². The molecule has 0 saturated heterocycles. The van der Waals surface area contributed by atoms with Crippen molar-refractivity contribution >= 4 is 22.8 Å². The van der Waals surface area contributed by atoms with Crippen LogP contribution in [0, 0.1) is 0 Å². The number of hydrogen-bond donors (Lipinski definition) is 1. The van der Waals surface area contributed by atoms with Crippen LogP contribution in [0.5, 0.6) is 11.5 Å². The normalized spacial score (nSPS) is 11.9. The molecular formula is C22H20N4O3. The molecule has 1 atom stereocenters. The van der Waals surface area contributed by atoms with Crippen LogP contribution in [0.4, 0.5) is 5.82 Å². The predicted octanol–water partition coefficient (Wildman–Crippen LogP) is 4.21. The minimum Gasteiger partial charge on any atom is -0.467 e. The lowest BCUT2D eigenvalue weighted by atomic mass is 10.1. The van der Waals surface area contributed by atoms with Crippen LogP contribution in [-0.2, 0) is 9.53 Å². The van der Waals surface area contributed by atoms with E-state index in [0.717, 1.165) is 22.6 Å². The Morgan fingerprint density at radius 2 is 1.72 bits per heavy atom. The molecule has 0 bridgehead atoms. The molecule has 1 unspecified atom stereocenters. The highest BCUT2D eigenvalue weighted by atomic mass is 16.5. The Hall–Kier alpha value is -3.87. The van der Waals surface area contributed by atoms with E-state index in [1.807, 2.05) is 60.8 Å². The number of carbonyl (C=O) groups is 1. The van der Waals surface area contributed by atoms with E-state index in [9.17, 15) is 4.79 Å². The Labute approximate surface area is 167 Å². The second-order valence-corrected chi connectivity index (χ2v) is 6.55. The number of esters is 1. The minimum absolute atomic E-state index is 0.352. The highest BCUT2D eigenvalue weighted by Crippen LogP contribution is 2.35. The Bertz CT molecular complexity index is 1150. The van der Waals surface area contributed by atoms with Crippen molar-refractivity contribution in [2.24, 2.45) is 0 Å². The van der Waals surface area contributed by atoms with Crippen molar-refractivity contribution < 1.29 is 14.3 Å². The van der Waals surface area contributed by atoms with Crippen LogP contribution >= 0.6 is 0 Å². The van der Waals surface area contributed by atoms with Gasteiger partial charge in [-0.3, -0.25) is 0 Å². The van der Waals surface area contributed by atoms with Crippen LogP contribution in [0.2, 0.25) is 0 Å². The Kier molecular flexibility index (Phi) is 4.87. The minimum atomic E-state index is -0.550. The first-order valence-electron chi connectivity index (χ1n) is 9.10. The number of para-hydroxylation sites is 1. The first kappa shape index (κ1) is 18.5. The molecule has 0 radical (unpaired) electrons. The molecule has 0 amide bonds. The van der Waals surface area contributed by atoms with E-state index in [0.29, 0.717) is 16.9 Å². The summed E-state index contributed by atoms with van der Waals surface area (Å²) in [6, 6.07) is 16.7. The summed E-state index contributed by atoms with van der Waals surface area (Å²) in [6.07, 6.45) is 3.24. The van der Waals surface area contributed by atoms with Crippen molar-refractivity contribution in [3.05, 3.63) is 67.1 Å². The average Bonchev–Trinajstić information content (AvgIpc) is 3.15. The number of fused-ring (bicyclic) bond motifs is 1. The summed E-state index contributed by atoms with van der Waals surface area (Å²) in [5, 5.41) is 0.694. The van der Waals surface area contributed by atoms with Gasteiger partial charge in [0.15, 0.2) is 0 Å². The molecule has 0 saturated carbocycles. The zero-order valence-corrected chi connectivity index (χ0v) is 16.1. The largest absolute Gasteiger partial charge is 0.467 e. The lowest BCUT2D eigenvalue weighted by Gasteiger charge is -2.11. The molecule has 4 rings (SSSR count). The van der Waals surface area contributed by atoms with Crippen LogP contribution in [0.25, 0.3) is 22.2 Å². The molecule has 2 aromatic carbocycles. The Morgan fingerprint density at radius 3 is 2.41 bits per heavy atom. The zero-order valence-electron chi connectivity index (χ0n) is 16.1. The van der Waals surface area contributed by atoms with Gasteiger partial charge in [0, 0.05) is 11.8 Å². The Balaban J connectivity index is 1.75. The molecule has 2 N–H and O–H groups in total. The molecule has 0 aliphatic rings. The first-order valence-corrected chi connectivity index (χ1v) is 9.10. The molecule has 146 valence electrons. The first-order chi connectivity index (χ1) is 14.1. The summed E-state index contributed by atoms with van der Waals surface area (Å²) >= 11 is 0. The molecule has 2 heterocycles. The van der Waals surface area contributed by atoms with Crippen molar-refractivity contribution in [1.29, 1.82) is 0 Å². The van der Waals surface area contributed by atoms with E-state index >= 15 is 0 Å². The van der Waals surface area contributed by atoms with Crippen LogP contribution in [-0.4, -0.2) is 27.6 Å². The highest BCUT2D eigenvalue weighted by molar-refractivity contribution is 6.01. The topological polar surface area (TPSA) is 92.3 Å². The maximum absolute atomic E-state index is 12.1. The molecule has 0 aliphatic carbocycles. The number of nitrogens with zero attached hydrogens (tertiary/aromatic N) is 3. The van der Waals surface area contributed by atoms with Gasteiger partial charge in [0.25, 0.3) is 0 Å².